The largest absolute Gasteiger partial charge is 0.497 e. The molecule has 0 aromatic heterocycles. The summed E-state index contributed by atoms with van der Waals surface area (Å²) in [4.78, 5) is 24.1. The summed E-state index contributed by atoms with van der Waals surface area (Å²) >= 11 is 0. The van der Waals surface area contributed by atoms with Crippen LogP contribution in [0.5, 0.6) is 11.5 Å². The van der Waals surface area contributed by atoms with Crippen LogP contribution in [0.3, 0.4) is 0 Å². The van der Waals surface area contributed by atoms with E-state index in [0.717, 1.165) is 5.56 Å². The zero-order chi connectivity index (χ0) is 24.8. The predicted octanol–water partition coefficient (Wildman–Crippen LogP) is 4.10. The first kappa shape index (κ1) is 24.4. The molecule has 0 fully saturated rings. The average Bonchev–Trinajstić information content (AvgIpc) is 2.81. The first-order chi connectivity index (χ1) is 16.2. The number of amides is 2. The molecule has 0 atom stereocenters. The van der Waals surface area contributed by atoms with E-state index in [1.165, 1.54) is 32.4 Å². The van der Waals surface area contributed by atoms with Crippen molar-refractivity contribution in [1.29, 1.82) is 0 Å². The summed E-state index contributed by atoms with van der Waals surface area (Å²) in [7, 11) is 3.07. The van der Waals surface area contributed by atoms with Gasteiger partial charge in [0.05, 0.1) is 25.5 Å². The Labute approximate surface area is 196 Å². The number of rotatable bonds is 8. The highest BCUT2D eigenvalue weighted by Crippen LogP contribution is 2.33. The quantitative estimate of drug-likeness (QED) is 0.370. The van der Waals surface area contributed by atoms with Gasteiger partial charge in [0.1, 0.15) is 17.3 Å². The second-order valence-corrected chi connectivity index (χ2v) is 7.63. The van der Waals surface area contributed by atoms with Crippen molar-refractivity contribution in [3.8, 4) is 22.6 Å². The second kappa shape index (κ2) is 10.6. The Kier molecular flexibility index (Phi) is 7.57. The number of nitrogens with two attached hydrogens (primary N) is 1. The van der Waals surface area contributed by atoms with Gasteiger partial charge in [-0.15, -0.1) is 0 Å². The Bertz CT molecular complexity index is 1210. The van der Waals surface area contributed by atoms with Gasteiger partial charge in [0, 0.05) is 24.7 Å². The molecule has 0 heterocycles. The minimum Gasteiger partial charge on any atom is -0.497 e. The predicted molar refractivity (Wildman–Crippen MR) is 127 cm³/mol. The van der Waals surface area contributed by atoms with Gasteiger partial charge in [-0.2, -0.15) is 0 Å². The number of carbonyl (C=O) groups excluding carboxylic acids is 1. The smallest absolute Gasteiger partial charge is 0.404 e. The normalized spacial score (nSPS) is 10.5. The van der Waals surface area contributed by atoms with Crippen LogP contribution < -0.4 is 25.8 Å². The minimum atomic E-state index is -1.20. The van der Waals surface area contributed by atoms with E-state index in [9.17, 15) is 14.0 Å². The van der Waals surface area contributed by atoms with Gasteiger partial charge >= 0.3 is 6.09 Å². The Morgan fingerprint density at radius 1 is 0.912 bits per heavy atom. The zero-order valence-corrected chi connectivity index (χ0v) is 19.1. The van der Waals surface area contributed by atoms with E-state index in [2.05, 4.69) is 10.6 Å². The van der Waals surface area contributed by atoms with Crippen molar-refractivity contribution in [1.82, 2.24) is 10.6 Å². The molecule has 0 aliphatic carbocycles. The lowest BCUT2D eigenvalue weighted by atomic mass is 9.94. The first-order valence-electron chi connectivity index (χ1n) is 10.4. The van der Waals surface area contributed by atoms with Crippen LogP contribution in [0, 0.1) is 12.7 Å². The number of ether oxygens (including phenoxy) is 2. The molecule has 178 valence electrons. The van der Waals surface area contributed by atoms with Crippen molar-refractivity contribution in [3.05, 3.63) is 76.6 Å². The van der Waals surface area contributed by atoms with Crippen LogP contribution in [-0.2, 0) is 13.1 Å². The maximum Gasteiger partial charge on any atom is 0.404 e. The number of anilines is 1. The zero-order valence-electron chi connectivity index (χ0n) is 19.1. The Hall–Kier alpha value is -4.27. The van der Waals surface area contributed by atoms with E-state index >= 15 is 0 Å². The third-order valence-electron chi connectivity index (χ3n) is 5.27. The lowest BCUT2D eigenvalue weighted by Crippen LogP contribution is -2.25. The van der Waals surface area contributed by atoms with Crippen molar-refractivity contribution in [3.63, 3.8) is 0 Å². The molecule has 34 heavy (non-hydrogen) atoms. The molecule has 0 radical (unpaired) electrons. The molecule has 0 aliphatic rings. The molecule has 0 unspecified atom stereocenters. The summed E-state index contributed by atoms with van der Waals surface area (Å²) in [6.07, 6.45) is -1.20. The molecule has 0 aliphatic heterocycles. The Morgan fingerprint density at radius 3 is 2.12 bits per heavy atom. The van der Waals surface area contributed by atoms with Crippen molar-refractivity contribution in [2.24, 2.45) is 0 Å². The summed E-state index contributed by atoms with van der Waals surface area (Å²) in [6, 6.07) is 12.7. The molecular formula is C25H26FN3O5. The summed E-state index contributed by atoms with van der Waals surface area (Å²) in [5.74, 6) is 0.325. The monoisotopic (exact) mass is 467 g/mol. The third kappa shape index (κ3) is 5.74. The molecule has 0 bridgehead atoms. The van der Waals surface area contributed by atoms with Gasteiger partial charge in [-0.05, 0) is 65.6 Å². The van der Waals surface area contributed by atoms with Gasteiger partial charge in [-0.3, -0.25) is 4.79 Å². The van der Waals surface area contributed by atoms with Crippen molar-refractivity contribution < 1.29 is 28.6 Å². The fourth-order valence-electron chi connectivity index (χ4n) is 3.58. The number of nitrogen functional groups attached to an aromatic ring is 1. The standard InChI is InChI=1S/C25H26FN3O5/c1-14-6-17(26)4-5-20(14)21-9-16(13-29-25(31)32)10-22(23(21)27)24(30)28-12-15-7-18(33-2)11-19(8-15)34-3/h4-11,29H,12-13,27H2,1-3H3,(H,28,30)(H,31,32). The highest BCUT2D eigenvalue weighted by atomic mass is 19.1. The maximum absolute atomic E-state index is 13.6. The fraction of sp³-hybridized carbons (Fsp3) is 0.200. The van der Waals surface area contributed by atoms with Gasteiger partial charge in [0.2, 0.25) is 0 Å². The van der Waals surface area contributed by atoms with E-state index in [1.807, 2.05) is 0 Å². The van der Waals surface area contributed by atoms with Crippen molar-refractivity contribution >= 4 is 17.7 Å². The highest BCUT2D eigenvalue weighted by molar-refractivity contribution is 6.03. The molecule has 3 rings (SSSR count). The van der Waals surface area contributed by atoms with Gasteiger partial charge in [-0.25, -0.2) is 9.18 Å². The maximum atomic E-state index is 13.6. The van der Waals surface area contributed by atoms with Crippen LogP contribution in [0.25, 0.3) is 11.1 Å². The molecule has 8 nitrogen and oxygen atoms in total. The molecule has 0 saturated heterocycles. The number of halogens is 1. The first-order valence-corrected chi connectivity index (χ1v) is 10.4. The number of methoxy groups -OCH3 is 2. The molecule has 9 heteroatoms. The Morgan fingerprint density at radius 2 is 1.53 bits per heavy atom. The fourth-order valence-corrected chi connectivity index (χ4v) is 3.58. The van der Waals surface area contributed by atoms with Crippen LogP contribution in [-0.4, -0.2) is 31.3 Å². The number of carbonyl (C=O) groups is 2. The number of carboxylic acid groups (broad SMARTS) is 1. The average molecular weight is 467 g/mol. The summed E-state index contributed by atoms with van der Waals surface area (Å²) in [5.41, 5.74) is 9.82. The minimum absolute atomic E-state index is 0.0315. The lowest BCUT2D eigenvalue weighted by Gasteiger charge is -2.16. The molecule has 3 aromatic carbocycles. The summed E-state index contributed by atoms with van der Waals surface area (Å²) in [5, 5.41) is 14.1. The van der Waals surface area contributed by atoms with Crippen LogP contribution in [0.15, 0.2) is 48.5 Å². The van der Waals surface area contributed by atoms with Gasteiger partial charge in [0.25, 0.3) is 5.91 Å². The molecule has 0 saturated carbocycles. The Balaban J connectivity index is 1.96. The number of nitrogens with one attached hydrogen (secondary N) is 2. The topological polar surface area (TPSA) is 123 Å². The van der Waals surface area contributed by atoms with Crippen LogP contribution in [0.4, 0.5) is 14.9 Å². The highest BCUT2D eigenvalue weighted by Gasteiger charge is 2.18. The summed E-state index contributed by atoms with van der Waals surface area (Å²) < 4.78 is 24.2. The van der Waals surface area contributed by atoms with E-state index in [-0.39, 0.29) is 24.3 Å². The SMILES string of the molecule is COc1cc(CNC(=O)c2cc(CNC(=O)O)cc(-c3ccc(F)cc3C)c2N)cc(OC)c1. The number of aryl methyl sites for hydroxylation is 1. The number of hydrogen-bond donors (Lipinski definition) is 4. The van der Waals surface area contributed by atoms with Gasteiger partial charge in [-0.1, -0.05) is 6.07 Å². The van der Waals surface area contributed by atoms with Crippen molar-refractivity contribution in [2.45, 2.75) is 20.0 Å². The number of hydrogen-bond acceptors (Lipinski definition) is 5. The van der Waals surface area contributed by atoms with Gasteiger partial charge < -0.3 is 30.9 Å². The van der Waals surface area contributed by atoms with Crippen LogP contribution in [0.2, 0.25) is 0 Å². The summed E-state index contributed by atoms with van der Waals surface area (Å²) in [6.45, 7) is 1.88. The van der Waals surface area contributed by atoms with Gasteiger partial charge in [0.15, 0.2) is 0 Å². The van der Waals surface area contributed by atoms with E-state index in [1.54, 1.807) is 37.3 Å². The van der Waals surface area contributed by atoms with E-state index in [4.69, 9.17) is 20.3 Å². The number of benzene rings is 3. The van der Waals surface area contributed by atoms with E-state index < -0.39 is 17.8 Å². The molecule has 3 aromatic rings. The van der Waals surface area contributed by atoms with Crippen molar-refractivity contribution in [2.75, 3.05) is 20.0 Å². The van der Waals surface area contributed by atoms with Crippen LogP contribution >= 0.6 is 0 Å². The third-order valence-corrected chi connectivity index (χ3v) is 5.27. The molecular weight excluding hydrogens is 441 g/mol. The lowest BCUT2D eigenvalue weighted by molar-refractivity contribution is 0.0951. The van der Waals surface area contributed by atoms with Crippen LogP contribution in [0.1, 0.15) is 27.0 Å². The van der Waals surface area contributed by atoms with E-state index in [0.29, 0.717) is 33.8 Å². The molecule has 0 spiro atoms. The molecule has 2 amide bonds. The second-order valence-electron chi connectivity index (χ2n) is 7.63. The molecule has 5 N–H and O–H groups in total.